The van der Waals surface area contributed by atoms with Crippen LogP contribution in [0.2, 0.25) is 5.02 Å². The fourth-order valence-electron chi connectivity index (χ4n) is 3.75. The lowest BCUT2D eigenvalue weighted by molar-refractivity contribution is 0.101. The van der Waals surface area contributed by atoms with E-state index in [1.807, 2.05) is 12.3 Å². The number of hydrogen-bond donors (Lipinski definition) is 2. The van der Waals surface area contributed by atoms with Crippen LogP contribution in [0.25, 0.3) is 11.6 Å². The number of rotatable bonds is 5. The summed E-state index contributed by atoms with van der Waals surface area (Å²) in [6.45, 7) is 5.24. The van der Waals surface area contributed by atoms with Gasteiger partial charge in [0.05, 0.1) is 16.3 Å². The van der Waals surface area contributed by atoms with E-state index in [1.54, 1.807) is 16.0 Å². The Morgan fingerprint density at radius 2 is 2.09 bits per heavy atom. The standard InChI is InChI=1S/C23H21ClFIN4OS/c24-19-2-1-17(25)11-18(19)23(31)28-30-6-3-20-21(30)10-16(12-26-20)22-9-15(14-32-22)13-29-7-4-27-5-8-29/h1-3,6,9-12,14,27H,4-5,7-8,13H2,(H,28,31). The van der Waals surface area contributed by atoms with Gasteiger partial charge in [0.15, 0.2) is 0 Å². The van der Waals surface area contributed by atoms with Crippen LogP contribution in [0.15, 0.2) is 41.9 Å². The number of carbonyl (C=O) groups is 1. The highest BCUT2D eigenvalue weighted by Gasteiger charge is 2.18. The van der Waals surface area contributed by atoms with Gasteiger partial charge in [-0.15, -0.1) is 11.3 Å². The van der Waals surface area contributed by atoms with Gasteiger partial charge in [0.25, 0.3) is 5.91 Å². The lowest BCUT2D eigenvalue weighted by Gasteiger charge is -2.26. The Bertz CT molecular complexity index is 1230. The van der Waals surface area contributed by atoms with Gasteiger partial charge in [0.1, 0.15) is 5.82 Å². The molecule has 2 aliphatic rings. The molecular weight excluding hydrogens is 562 g/mol. The van der Waals surface area contributed by atoms with Crippen LogP contribution in [0.5, 0.6) is 0 Å². The molecule has 4 heterocycles. The van der Waals surface area contributed by atoms with Crippen molar-refractivity contribution in [3.8, 4) is 0 Å². The number of hydrogen-bond acceptors (Lipinski definition) is 4. The van der Waals surface area contributed by atoms with Gasteiger partial charge in [-0.3, -0.25) is 19.8 Å². The first-order valence-electron chi connectivity index (χ1n) is 10.2. The van der Waals surface area contributed by atoms with Crippen molar-refractivity contribution in [2.24, 2.45) is 0 Å². The van der Waals surface area contributed by atoms with Crippen LogP contribution in [0.4, 0.5) is 4.39 Å². The van der Waals surface area contributed by atoms with Gasteiger partial charge < -0.3 is 5.32 Å². The summed E-state index contributed by atoms with van der Waals surface area (Å²) in [5, 5.41) is 5.85. The molecule has 0 atom stereocenters. The first-order valence-corrected chi connectivity index (χ1v) is 13.8. The maximum atomic E-state index is 13.6. The highest BCUT2D eigenvalue weighted by molar-refractivity contribution is 14.2. The molecule has 1 fully saturated rings. The molecule has 0 spiro atoms. The van der Waals surface area contributed by atoms with Crippen LogP contribution in [-0.4, -0.2) is 45.7 Å². The number of amides is 1. The SMILES string of the molecule is O=C(Nn1ccc2c1C=C(c1cc(CN3CCNCC3)cs1)C=I2)c1cc(F)ccc1Cl. The Balaban J connectivity index is 1.35. The van der Waals surface area contributed by atoms with E-state index in [1.165, 1.54) is 31.7 Å². The van der Waals surface area contributed by atoms with Crippen LogP contribution in [0, 0.1) is 9.39 Å². The van der Waals surface area contributed by atoms with Gasteiger partial charge in [-0.2, -0.15) is 0 Å². The number of nitrogens with one attached hydrogen (secondary N) is 2. The monoisotopic (exact) mass is 582 g/mol. The van der Waals surface area contributed by atoms with E-state index in [0.717, 1.165) is 44.5 Å². The largest absolute Gasteiger partial charge is 0.314 e. The Kier molecular flexibility index (Phi) is 6.56. The van der Waals surface area contributed by atoms with Crippen LogP contribution >= 0.6 is 43.7 Å². The maximum absolute atomic E-state index is 13.6. The first-order chi connectivity index (χ1) is 15.6. The molecule has 32 heavy (non-hydrogen) atoms. The van der Waals surface area contributed by atoms with Crippen LogP contribution in [-0.2, 0) is 6.54 Å². The first kappa shape index (κ1) is 22.0. The summed E-state index contributed by atoms with van der Waals surface area (Å²) in [4.78, 5) is 16.4. The number of halogens is 3. The number of allylic oxidation sites excluding steroid dienone is 1. The topological polar surface area (TPSA) is 49.3 Å². The quantitative estimate of drug-likeness (QED) is 0.432. The molecule has 1 amide bonds. The van der Waals surface area contributed by atoms with E-state index in [4.69, 9.17) is 11.6 Å². The van der Waals surface area contributed by atoms with Crippen molar-refractivity contribution in [1.82, 2.24) is 14.9 Å². The molecule has 0 aliphatic carbocycles. The molecular formula is C23H21ClFIN4OS. The molecule has 0 bridgehead atoms. The maximum Gasteiger partial charge on any atom is 0.271 e. The molecule has 0 saturated carbocycles. The Labute approximate surface area is 204 Å². The summed E-state index contributed by atoms with van der Waals surface area (Å²) in [5.41, 5.74) is 6.46. The van der Waals surface area contributed by atoms with E-state index in [9.17, 15) is 9.18 Å². The van der Waals surface area contributed by atoms with Gasteiger partial charge >= 0.3 is 0 Å². The predicted molar refractivity (Wildman–Crippen MR) is 139 cm³/mol. The van der Waals surface area contributed by atoms with E-state index >= 15 is 0 Å². The molecule has 166 valence electrons. The van der Waals surface area contributed by atoms with Crippen molar-refractivity contribution in [1.29, 1.82) is 0 Å². The molecule has 3 aromatic rings. The minimum atomic E-state index is -0.494. The second-order valence-electron chi connectivity index (χ2n) is 7.65. The summed E-state index contributed by atoms with van der Waals surface area (Å²) in [6, 6.07) is 8.10. The van der Waals surface area contributed by atoms with Crippen molar-refractivity contribution in [3.63, 3.8) is 0 Å². The van der Waals surface area contributed by atoms with Gasteiger partial charge in [-0.1, -0.05) is 32.3 Å². The summed E-state index contributed by atoms with van der Waals surface area (Å²) in [6.07, 6.45) is 3.96. The molecule has 5 nitrogen and oxygen atoms in total. The molecule has 1 aromatic carbocycles. The number of benzene rings is 1. The normalized spacial score (nSPS) is 16.2. The third-order valence-electron chi connectivity index (χ3n) is 5.41. The van der Waals surface area contributed by atoms with Gasteiger partial charge in [-0.05, 0) is 56.9 Å². The van der Waals surface area contributed by atoms with Gasteiger partial charge in [-0.25, -0.2) is 4.39 Å². The molecule has 2 aliphatic heterocycles. The number of fused-ring (bicyclic) bond motifs is 1. The number of piperazine rings is 1. The highest BCUT2D eigenvalue weighted by Crippen LogP contribution is 2.33. The molecule has 5 rings (SSSR count). The van der Waals surface area contributed by atoms with E-state index < -0.39 is 11.7 Å². The summed E-state index contributed by atoms with van der Waals surface area (Å²) >= 11 is 7.54. The zero-order valence-electron chi connectivity index (χ0n) is 17.1. The average molecular weight is 583 g/mol. The Morgan fingerprint density at radius 3 is 2.94 bits per heavy atom. The van der Waals surface area contributed by atoms with Crippen LogP contribution in [0.1, 0.15) is 26.5 Å². The summed E-state index contributed by atoms with van der Waals surface area (Å²) in [7, 11) is 0. The molecule has 9 heteroatoms. The Morgan fingerprint density at radius 1 is 1.25 bits per heavy atom. The fourth-order valence-corrected chi connectivity index (χ4v) is 7.35. The van der Waals surface area contributed by atoms with Crippen LogP contribution < -0.4 is 10.7 Å². The van der Waals surface area contributed by atoms with Crippen molar-refractivity contribution in [2.75, 3.05) is 31.6 Å². The molecule has 2 N–H and O–H groups in total. The number of thiophene rings is 1. The smallest absolute Gasteiger partial charge is 0.271 e. The van der Waals surface area contributed by atoms with E-state index in [2.05, 4.69) is 37.2 Å². The number of nitrogens with zero attached hydrogens (tertiary/aromatic N) is 2. The van der Waals surface area contributed by atoms with E-state index in [0.29, 0.717) is 0 Å². The summed E-state index contributed by atoms with van der Waals surface area (Å²) in [5.74, 6) is -0.934. The number of carbonyl (C=O) groups excluding carboxylic acids is 1. The van der Waals surface area contributed by atoms with Crippen molar-refractivity contribution < 1.29 is 9.18 Å². The van der Waals surface area contributed by atoms with Crippen LogP contribution in [0.3, 0.4) is 0 Å². The molecule has 0 radical (unpaired) electrons. The highest BCUT2D eigenvalue weighted by atomic mass is 127. The Hall–Kier alpha value is -1.85. The van der Waals surface area contributed by atoms with Crippen molar-refractivity contribution in [2.45, 2.75) is 6.54 Å². The van der Waals surface area contributed by atoms with Gasteiger partial charge in [0.2, 0.25) is 0 Å². The third kappa shape index (κ3) is 4.74. The minimum absolute atomic E-state index is 0.117. The lowest BCUT2D eigenvalue weighted by Crippen LogP contribution is -2.42. The van der Waals surface area contributed by atoms with Crippen molar-refractivity contribution >= 4 is 65.2 Å². The predicted octanol–water partition coefficient (Wildman–Crippen LogP) is 4.63. The zero-order valence-corrected chi connectivity index (χ0v) is 20.8. The summed E-state index contributed by atoms with van der Waals surface area (Å²) < 4.78 is 18.9. The number of aromatic nitrogens is 1. The van der Waals surface area contributed by atoms with E-state index in [-0.39, 0.29) is 31.3 Å². The van der Waals surface area contributed by atoms with Gasteiger partial charge in [0, 0.05) is 47.4 Å². The molecule has 2 aromatic heterocycles. The molecule has 1 saturated heterocycles. The second-order valence-corrected chi connectivity index (χ2v) is 11.4. The zero-order chi connectivity index (χ0) is 22.1. The molecule has 0 unspecified atom stereocenters. The minimum Gasteiger partial charge on any atom is -0.314 e. The van der Waals surface area contributed by atoms with Crippen molar-refractivity contribution in [3.05, 3.63) is 78.0 Å². The average Bonchev–Trinajstić information content (AvgIpc) is 3.43. The lowest BCUT2D eigenvalue weighted by atomic mass is 10.1. The fraction of sp³-hybridized carbons (Fsp3) is 0.217. The third-order valence-corrected chi connectivity index (χ3v) is 9.33. The second kappa shape index (κ2) is 9.56.